The quantitative estimate of drug-likeness (QED) is 0.713. The largest absolute Gasteiger partial charge is 0.378 e. The van der Waals surface area contributed by atoms with E-state index >= 15 is 0 Å². The highest BCUT2D eigenvalue weighted by Gasteiger charge is 2.13. The van der Waals surface area contributed by atoms with Crippen LogP contribution in [0.25, 0.3) is 0 Å². The fourth-order valence-electron chi connectivity index (χ4n) is 3.34. The fourth-order valence-corrected chi connectivity index (χ4v) is 3.34. The smallest absolute Gasteiger partial charge is 0.248 e. The first-order valence-corrected chi connectivity index (χ1v) is 9.89. The molecule has 154 valence electrons. The van der Waals surface area contributed by atoms with Crippen LogP contribution in [-0.2, 0) is 16.1 Å². The van der Waals surface area contributed by atoms with Crippen LogP contribution in [0.3, 0.4) is 0 Å². The summed E-state index contributed by atoms with van der Waals surface area (Å²) in [4.78, 5) is 28.1. The highest BCUT2D eigenvalue weighted by molar-refractivity contribution is 5.93. The first kappa shape index (κ1) is 20.8. The standard InChI is InChI=1S/C22H28N4O3/c1-2-25(15-17-4-3-5-18(14-17)22(23)28)16-21(27)24-19-6-8-20(9-7-19)26-10-12-29-13-11-26/h3-9,14H,2,10-13,15-16H2,1H3,(H2,23,28)(H,24,27). The van der Waals surface area contributed by atoms with Crippen LogP contribution in [0.15, 0.2) is 48.5 Å². The maximum absolute atomic E-state index is 12.5. The number of carbonyl (C=O) groups excluding carboxylic acids is 2. The third-order valence-corrected chi connectivity index (χ3v) is 4.96. The summed E-state index contributed by atoms with van der Waals surface area (Å²) in [7, 11) is 0. The van der Waals surface area contributed by atoms with Crippen LogP contribution in [0.1, 0.15) is 22.8 Å². The number of hydrogen-bond donors (Lipinski definition) is 2. The van der Waals surface area contributed by atoms with E-state index in [1.165, 1.54) is 0 Å². The van der Waals surface area contributed by atoms with Gasteiger partial charge in [-0.05, 0) is 48.5 Å². The number of amides is 2. The number of nitrogens with one attached hydrogen (secondary N) is 1. The number of likely N-dealkylation sites (N-methyl/N-ethyl adjacent to an activating group) is 1. The van der Waals surface area contributed by atoms with Crippen molar-refractivity contribution < 1.29 is 14.3 Å². The lowest BCUT2D eigenvalue weighted by Gasteiger charge is -2.29. The minimum absolute atomic E-state index is 0.0722. The second kappa shape index (κ2) is 10.0. The molecular formula is C22H28N4O3. The van der Waals surface area contributed by atoms with E-state index in [1.807, 2.05) is 42.2 Å². The van der Waals surface area contributed by atoms with Crippen molar-refractivity contribution >= 4 is 23.2 Å². The Morgan fingerprint density at radius 1 is 1.14 bits per heavy atom. The molecule has 0 unspecified atom stereocenters. The van der Waals surface area contributed by atoms with Crippen molar-refractivity contribution in [2.45, 2.75) is 13.5 Å². The van der Waals surface area contributed by atoms with Gasteiger partial charge in [0.25, 0.3) is 0 Å². The van der Waals surface area contributed by atoms with Crippen LogP contribution in [0.2, 0.25) is 0 Å². The molecular weight excluding hydrogens is 368 g/mol. The fraction of sp³-hybridized carbons (Fsp3) is 0.364. The number of primary amides is 1. The van der Waals surface area contributed by atoms with Gasteiger partial charge >= 0.3 is 0 Å². The summed E-state index contributed by atoms with van der Waals surface area (Å²) in [6.45, 7) is 6.81. The van der Waals surface area contributed by atoms with E-state index in [9.17, 15) is 9.59 Å². The summed E-state index contributed by atoms with van der Waals surface area (Å²) in [5, 5.41) is 2.95. The van der Waals surface area contributed by atoms with E-state index in [1.54, 1.807) is 18.2 Å². The summed E-state index contributed by atoms with van der Waals surface area (Å²) in [5.41, 5.74) is 8.68. The number of rotatable bonds is 8. The predicted molar refractivity (Wildman–Crippen MR) is 114 cm³/mol. The molecule has 3 N–H and O–H groups in total. The van der Waals surface area contributed by atoms with Gasteiger partial charge in [-0.1, -0.05) is 19.1 Å². The minimum Gasteiger partial charge on any atom is -0.378 e. The molecule has 7 nitrogen and oxygen atoms in total. The number of benzene rings is 2. The molecule has 2 aromatic rings. The van der Waals surface area contributed by atoms with E-state index in [-0.39, 0.29) is 12.5 Å². The van der Waals surface area contributed by atoms with Gasteiger partial charge in [-0.25, -0.2) is 0 Å². The van der Waals surface area contributed by atoms with Crippen molar-refractivity contribution in [3.05, 3.63) is 59.7 Å². The highest BCUT2D eigenvalue weighted by atomic mass is 16.5. The number of nitrogens with zero attached hydrogens (tertiary/aromatic N) is 2. The zero-order chi connectivity index (χ0) is 20.6. The van der Waals surface area contributed by atoms with Crippen molar-refractivity contribution in [2.24, 2.45) is 5.73 Å². The highest BCUT2D eigenvalue weighted by Crippen LogP contribution is 2.19. The Morgan fingerprint density at radius 2 is 1.86 bits per heavy atom. The summed E-state index contributed by atoms with van der Waals surface area (Å²) in [6, 6.07) is 15.1. The maximum Gasteiger partial charge on any atom is 0.248 e. The Morgan fingerprint density at radius 3 is 2.52 bits per heavy atom. The number of ether oxygens (including phenoxy) is 1. The van der Waals surface area contributed by atoms with E-state index in [4.69, 9.17) is 10.5 Å². The lowest BCUT2D eigenvalue weighted by molar-refractivity contribution is -0.117. The molecule has 1 aliphatic rings. The van der Waals surface area contributed by atoms with Gasteiger partial charge < -0.3 is 20.7 Å². The first-order chi connectivity index (χ1) is 14.0. The molecule has 29 heavy (non-hydrogen) atoms. The molecule has 1 saturated heterocycles. The summed E-state index contributed by atoms with van der Waals surface area (Å²) >= 11 is 0. The van der Waals surface area contributed by atoms with Crippen molar-refractivity contribution in [1.82, 2.24) is 4.90 Å². The van der Waals surface area contributed by atoms with Crippen molar-refractivity contribution in [1.29, 1.82) is 0 Å². The second-order valence-electron chi connectivity index (χ2n) is 7.06. The van der Waals surface area contributed by atoms with Crippen LogP contribution in [0.4, 0.5) is 11.4 Å². The Labute approximate surface area is 171 Å². The van der Waals surface area contributed by atoms with Gasteiger partial charge in [-0.3, -0.25) is 14.5 Å². The average Bonchev–Trinajstić information content (AvgIpc) is 2.74. The number of hydrogen-bond acceptors (Lipinski definition) is 5. The van der Waals surface area contributed by atoms with Gasteiger partial charge in [0.05, 0.1) is 19.8 Å². The van der Waals surface area contributed by atoms with E-state index < -0.39 is 5.91 Å². The molecule has 0 aromatic heterocycles. The molecule has 1 fully saturated rings. The third-order valence-electron chi connectivity index (χ3n) is 4.96. The molecule has 0 spiro atoms. The lowest BCUT2D eigenvalue weighted by Crippen LogP contribution is -2.36. The molecule has 1 heterocycles. The molecule has 2 amide bonds. The van der Waals surface area contributed by atoms with Crippen molar-refractivity contribution in [3.63, 3.8) is 0 Å². The monoisotopic (exact) mass is 396 g/mol. The van der Waals surface area contributed by atoms with Crippen molar-refractivity contribution in [2.75, 3.05) is 49.6 Å². The normalized spacial score (nSPS) is 14.1. The maximum atomic E-state index is 12.5. The van der Waals surface area contributed by atoms with Gasteiger partial charge in [0.2, 0.25) is 11.8 Å². The van der Waals surface area contributed by atoms with Gasteiger partial charge in [0, 0.05) is 36.6 Å². The summed E-state index contributed by atoms with van der Waals surface area (Å²) in [6.07, 6.45) is 0. The van der Waals surface area contributed by atoms with Crippen LogP contribution in [-0.4, -0.2) is 56.1 Å². The Balaban J connectivity index is 1.54. The van der Waals surface area contributed by atoms with E-state index in [0.717, 1.165) is 43.2 Å². The number of nitrogens with two attached hydrogens (primary N) is 1. The van der Waals surface area contributed by atoms with Gasteiger partial charge in [-0.15, -0.1) is 0 Å². The van der Waals surface area contributed by atoms with Gasteiger partial charge in [0.1, 0.15) is 0 Å². The Bertz CT molecular complexity index is 832. The minimum atomic E-state index is -0.451. The average molecular weight is 396 g/mol. The number of anilines is 2. The second-order valence-corrected chi connectivity index (χ2v) is 7.06. The topological polar surface area (TPSA) is 87.9 Å². The molecule has 1 aliphatic heterocycles. The van der Waals surface area contributed by atoms with E-state index in [0.29, 0.717) is 18.7 Å². The molecule has 0 aliphatic carbocycles. The Hall–Kier alpha value is -2.90. The number of carbonyl (C=O) groups is 2. The molecule has 2 aromatic carbocycles. The molecule has 3 rings (SSSR count). The molecule has 0 saturated carbocycles. The lowest BCUT2D eigenvalue weighted by atomic mass is 10.1. The van der Waals surface area contributed by atoms with Gasteiger partial charge in [-0.2, -0.15) is 0 Å². The molecule has 0 atom stereocenters. The zero-order valence-electron chi connectivity index (χ0n) is 16.8. The Kier molecular flexibility index (Phi) is 7.21. The van der Waals surface area contributed by atoms with Crippen molar-refractivity contribution in [3.8, 4) is 0 Å². The zero-order valence-corrected chi connectivity index (χ0v) is 16.8. The molecule has 0 radical (unpaired) electrons. The van der Waals surface area contributed by atoms with Crippen LogP contribution in [0.5, 0.6) is 0 Å². The SMILES string of the molecule is CCN(CC(=O)Nc1ccc(N2CCOCC2)cc1)Cc1cccc(C(N)=O)c1. The molecule has 0 bridgehead atoms. The summed E-state index contributed by atoms with van der Waals surface area (Å²) < 4.78 is 5.38. The third kappa shape index (κ3) is 6.04. The predicted octanol–water partition coefficient (Wildman–Crippen LogP) is 2.08. The van der Waals surface area contributed by atoms with E-state index in [2.05, 4.69) is 10.2 Å². The number of morpholine rings is 1. The van der Waals surface area contributed by atoms with Crippen LogP contribution < -0.4 is 16.0 Å². The van der Waals surface area contributed by atoms with Crippen LogP contribution in [0, 0.1) is 0 Å². The van der Waals surface area contributed by atoms with Crippen LogP contribution >= 0.6 is 0 Å². The first-order valence-electron chi connectivity index (χ1n) is 9.89. The molecule has 7 heteroatoms. The summed E-state index contributed by atoms with van der Waals surface area (Å²) in [5.74, 6) is -0.523. The van der Waals surface area contributed by atoms with Gasteiger partial charge in [0.15, 0.2) is 0 Å².